The second kappa shape index (κ2) is 5.97. The van der Waals surface area contributed by atoms with Crippen molar-refractivity contribution < 1.29 is 14.4 Å². The van der Waals surface area contributed by atoms with Crippen LogP contribution in [-0.2, 0) is 0 Å². The predicted octanol–water partition coefficient (Wildman–Crippen LogP) is 2.48. The number of rotatable bonds is 3. The number of aliphatic hydroxyl groups is 1. The molecule has 0 bridgehead atoms. The summed E-state index contributed by atoms with van der Waals surface area (Å²) in [6, 6.07) is 3.56. The van der Waals surface area contributed by atoms with Crippen LogP contribution in [0.5, 0.6) is 0 Å². The Morgan fingerprint density at radius 3 is 2.84 bits per heavy atom. The quantitative estimate of drug-likeness (QED) is 0.675. The minimum atomic E-state index is -0.612. The highest BCUT2D eigenvalue weighted by Crippen LogP contribution is 2.29. The van der Waals surface area contributed by atoms with Crippen molar-refractivity contribution in [3.63, 3.8) is 0 Å². The van der Waals surface area contributed by atoms with E-state index in [9.17, 15) is 19.6 Å². The molecule has 19 heavy (non-hydrogen) atoms. The zero-order valence-corrected chi connectivity index (χ0v) is 10.6. The first kappa shape index (κ1) is 13.7. The lowest BCUT2D eigenvalue weighted by molar-refractivity contribution is -0.385. The smallest absolute Gasteiger partial charge is 0.272 e. The molecule has 0 amide bonds. The molecular weight excluding hydrogens is 251 g/mol. The number of aliphatic hydroxyl groups excluding tert-OH is 1. The van der Waals surface area contributed by atoms with Crippen LogP contribution in [0.2, 0.25) is 0 Å². The molecule has 0 saturated carbocycles. The number of anilines is 1. The van der Waals surface area contributed by atoms with Crippen LogP contribution in [0.3, 0.4) is 0 Å². The van der Waals surface area contributed by atoms with Crippen LogP contribution >= 0.6 is 0 Å². The Hall–Kier alpha value is -1.69. The molecule has 1 fully saturated rings. The molecule has 6 heteroatoms. The topological polar surface area (TPSA) is 66.6 Å². The Balaban J connectivity index is 2.30. The van der Waals surface area contributed by atoms with E-state index in [0.717, 1.165) is 31.7 Å². The summed E-state index contributed by atoms with van der Waals surface area (Å²) in [5, 5.41) is 20.0. The average Bonchev–Trinajstić information content (AvgIpc) is 2.63. The summed E-state index contributed by atoms with van der Waals surface area (Å²) < 4.78 is 14.0. The fourth-order valence-electron chi connectivity index (χ4n) is 2.53. The number of nitro groups is 1. The van der Waals surface area contributed by atoms with Crippen molar-refractivity contribution in [2.45, 2.75) is 31.7 Å². The maximum atomic E-state index is 14.0. The number of non-ortho nitro benzene ring substituents is 1. The molecule has 5 nitrogen and oxygen atoms in total. The van der Waals surface area contributed by atoms with Crippen LogP contribution in [0.15, 0.2) is 18.2 Å². The van der Waals surface area contributed by atoms with E-state index in [1.165, 1.54) is 12.1 Å². The Bertz CT molecular complexity index is 467. The van der Waals surface area contributed by atoms with Gasteiger partial charge < -0.3 is 10.0 Å². The maximum Gasteiger partial charge on any atom is 0.272 e. The first-order valence-electron chi connectivity index (χ1n) is 6.45. The summed E-state index contributed by atoms with van der Waals surface area (Å²) in [4.78, 5) is 11.8. The van der Waals surface area contributed by atoms with Gasteiger partial charge in [0.2, 0.25) is 0 Å². The summed E-state index contributed by atoms with van der Waals surface area (Å²) in [6.07, 6.45) is 3.82. The molecule has 1 aliphatic heterocycles. The van der Waals surface area contributed by atoms with Gasteiger partial charge in [-0.1, -0.05) is 12.8 Å². The third-order valence-electron chi connectivity index (χ3n) is 3.54. The zero-order chi connectivity index (χ0) is 13.8. The van der Waals surface area contributed by atoms with Crippen LogP contribution in [-0.4, -0.2) is 29.2 Å². The minimum Gasteiger partial charge on any atom is -0.394 e. The molecular formula is C13H17FN2O3. The summed E-state index contributed by atoms with van der Waals surface area (Å²) in [7, 11) is 0. The van der Waals surface area contributed by atoms with Gasteiger partial charge in [-0.25, -0.2) is 4.39 Å². The number of nitrogens with zero attached hydrogens (tertiary/aromatic N) is 2. The fourth-order valence-corrected chi connectivity index (χ4v) is 2.53. The highest BCUT2D eigenvalue weighted by molar-refractivity contribution is 5.53. The molecule has 0 aromatic heterocycles. The van der Waals surface area contributed by atoms with Gasteiger partial charge in [0.05, 0.1) is 29.3 Å². The normalized spacial score (nSPS) is 20.1. The molecule has 0 radical (unpaired) electrons. The minimum absolute atomic E-state index is 0.0313. The van der Waals surface area contributed by atoms with Crippen molar-refractivity contribution >= 4 is 11.4 Å². The number of nitro benzene ring substituents is 1. The SMILES string of the molecule is O=[N+]([O-])c1ccc(N2CCCCCC2CO)c(F)c1. The molecule has 1 saturated heterocycles. The monoisotopic (exact) mass is 268 g/mol. The van der Waals surface area contributed by atoms with Crippen LogP contribution < -0.4 is 4.90 Å². The lowest BCUT2D eigenvalue weighted by Crippen LogP contribution is -2.38. The molecule has 104 valence electrons. The Morgan fingerprint density at radius 1 is 1.42 bits per heavy atom. The van der Waals surface area contributed by atoms with Crippen LogP contribution in [0.1, 0.15) is 25.7 Å². The largest absolute Gasteiger partial charge is 0.394 e. The van der Waals surface area contributed by atoms with Gasteiger partial charge in [-0.15, -0.1) is 0 Å². The summed E-state index contributed by atoms with van der Waals surface area (Å²) in [5.74, 6) is -0.602. The third-order valence-corrected chi connectivity index (χ3v) is 3.54. The van der Waals surface area contributed by atoms with E-state index >= 15 is 0 Å². The van der Waals surface area contributed by atoms with E-state index in [4.69, 9.17) is 0 Å². The first-order valence-corrected chi connectivity index (χ1v) is 6.45. The maximum absolute atomic E-state index is 14.0. The van der Waals surface area contributed by atoms with Gasteiger partial charge in [0, 0.05) is 12.6 Å². The molecule has 1 atom stereocenters. The van der Waals surface area contributed by atoms with Crippen molar-refractivity contribution in [3.05, 3.63) is 34.1 Å². The van der Waals surface area contributed by atoms with E-state index in [-0.39, 0.29) is 18.3 Å². The van der Waals surface area contributed by atoms with Crippen molar-refractivity contribution in [1.29, 1.82) is 0 Å². The molecule has 1 heterocycles. The van der Waals surface area contributed by atoms with Gasteiger partial charge >= 0.3 is 0 Å². The molecule has 1 aromatic rings. The van der Waals surface area contributed by atoms with Crippen LogP contribution in [0, 0.1) is 15.9 Å². The fraction of sp³-hybridized carbons (Fsp3) is 0.538. The Kier molecular flexibility index (Phi) is 4.31. The van der Waals surface area contributed by atoms with Crippen molar-refractivity contribution in [1.82, 2.24) is 0 Å². The lowest BCUT2D eigenvalue weighted by Gasteiger charge is -2.31. The van der Waals surface area contributed by atoms with E-state index in [1.807, 2.05) is 4.90 Å². The number of hydrogen-bond donors (Lipinski definition) is 1. The van der Waals surface area contributed by atoms with E-state index < -0.39 is 10.7 Å². The van der Waals surface area contributed by atoms with Gasteiger partial charge in [-0.3, -0.25) is 10.1 Å². The van der Waals surface area contributed by atoms with Crippen molar-refractivity contribution in [2.24, 2.45) is 0 Å². The van der Waals surface area contributed by atoms with Gasteiger partial charge in [-0.05, 0) is 18.9 Å². The summed E-state index contributed by atoms with van der Waals surface area (Å²) in [6.45, 7) is 0.635. The Morgan fingerprint density at radius 2 is 2.21 bits per heavy atom. The Labute approximate surface area is 110 Å². The van der Waals surface area contributed by atoms with Gasteiger partial charge in [-0.2, -0.15) is 0 Å². The van der Waals surface area contributed by atoms with E-state index in [0.29, 0.717) is 12.2 Å². The van der Waals surface area contributed by atoms with Crippen molar-refractivity contribution in [2.75, 3.05) is 18.1 Å². The average molecular weight is 268 g/mol. The van der Waals surface area contributed by atoms with Crippen LogP contribution in [0.4, 0.5) is 15.8 Å². The number of hydrogen-bond acceptors (Lipinski definition) is 4. The van der Waals surface area contributed by atoms with Crippen molar-refractivity contribution in [3.8, 4) is 0 Å². The molecule has 2 rings (SSSR count). The highest BCUT2D eigenvalue weighted by Gasteiger charge is 2.24. The van der Waals surface area contributed by atoms with E-state index in [1.54, 1.807) is 0 Å². The van der Waals surface area contributed by atoms with Gasteiger partial charge in [0.15, 0.2) is 5.82 Å². The van der Waals surface area contributed by atoms with E-state index in [2.05, 4.69) is 0 Å². The van der Waals surface area contributed by atoms with Gasteiger partial charge in [0.25, 0.3) is 5.69 Å². The summed E-state index contributed by atoms with van der Waals surface area (Å²) in [5.41, 5.74) is 0.0863. The molecule has 1 unspecified atom stereocenters. The second-order valence-corrected chi connectivity index (χ2v) is 4.77. The number of halogens is 1. The second-order valence-electron chi connectivity index (χ2n) is 4.77. The molecule has 0 spiro atoms. The lowest BCUT2D eigenvalue weighted by atomic mass is 10.1. The number of benzene rings is 1. The zero-order valence-electron chi connectivity index (χ0n) is 10.6. The molecule has 1 N–H and O–H groups in total. The first-order chi connectivity index (χ1) is 9.13. The molecule has 1 aliphatic rings. The summed E-state index contributed by atoms with van der Waals surface area (Å²) >= 11 is 0. The third kappa shape index (κ3) is 3.01. The molecule has 1 aromatic carbocycles. The predicted molar refractivity (Wildman–Crippen MR) is 69.7 cm³/mol. The standard InChI is InChI=1S/C13H17FN2O3/c14-12-8-10(16(18)19)5-6-13(12)15-7-3-1-2-4-11(15)9-17/h5-6,8,11,17H,1-4,7,9H2. The van der Waals surface area contributed by atoms with Gasteiger partial charge in [0.1, 0.15) is 0 Å². The highest BCUT2D eigenvalue weighted by atomic mass is 19.1. The molecule has 0 aliphatic carbocycles. The van der Waals surface area contributed by atoms with Crippen LogP contribution in [0.25, 0.3) is 0 Å².